The molecule has 9 heteroatoms. The molecule has 0 saturated carbocycles. The van der Waals surface area contributed by atoms with Gasteiger partial charge in [0.25, 0.3) is 0 Å². The van der Waals surface area contributed by atoms with E-state index < -0.39 is 24.5 Å². The lowest BCUT2D eigenvalue weighted by Crippen LogP contribution is -2.32. The molecule has 0 unspecified atom stereocenters. The Balaban J connectivity index is 1.97. The van der Waals surface area contributed by atoms with Crippen LogP contribution in [-0.4, -0.2) is 60.1 Å². The summed E-state index contributed by atoms with van der Waals surface area (Å²) in [7, 11) is 0. The van der Waals surface area contributed by atoms with Crippen LogP contribution < -0.4 is 5.73 Å². The molecule has 2 aromatic heterocycles. The highest BCUT2D eigenvalue weighted by atomic mass is 32.2. The fourth-order valence-electron chi connectivity index (χ4n) is 2.32. The normalized spacial score (nSPS) is 30.1. The van der Waals surface area contributed by atoms with Crippen LogP contribution in [0.1, 0.15) is 6.23 Å². The van der Waals surface area contributed by atoms with E-state index in [-0.39, 0.29) is 5.82 Å². The second-order valence-electron chi connectivity index (χ2n) is 4.58. The van der Waals surface area contributed by atoms with Crippen molar-refractivity contribution in [2.24, 2.45) is 0 Å². The fourth-order valence-corrected chi connectivity index (χ4v) is 2.92. The molecule has 0 spiro atoms. The van der Waals surface area contributed by atoms with Crippen LogP contribution in [0.2, 0.25) is 0 Å². The summed E-state index contributed by atoms with van der Waals surface area (Å²) in [6.07, 6.45) is 1.58. The van der Waals surface area contributed by atoms with Gasteiger partial charge in [0.05, 0.1) is 12.4 Å². The van der Waals surface area contributed by atoms with Gasteiger partial charge in [-0.2, -0.15) is 11.8 Å². The first kappa shape index (κ1) is 13.6. The summed E-state index contributed by atoms with van der Waals surface area (Å²) in [5.41, 5.74) is 6.64. The molecule has 3 rings (SSSR count). The minimum absolute atomic E-state index is 0.266. The lowest BCUT2D eigenvalue weighted by molar-refractivity contribution is -0.0288. The zero-order valence-electron chi connectivity index (χ0n) is 10.7. The summed E-state index contributed by atoms with van der Waals surface area (Å²) in [6.45, 7) is 0. The molecular weight excluding hydrogens is 282 g/mol. The van der Waals surface area contributed by atoms with Gasteiger partial charge in [0, 0.05) is 5.75 Å². The monoisotopic (exact) mass is 297 g/mol. The molecule has 2 aromatic rings. The largest absolute Gasteiger partial charge is 0.387 e. The molecule has 0 aliphatic carbocycles. The van der Waals surface area contributed by atoms with Gasteiger partial charge < -0.3 is 20.7 Å². The minimum atomic E-state index is -1.04. The van der Waals surface area contributed by atoms with Crippen LogP contribution in [0.25, 0.3) is 11.2 Å². The highest BCUT2D eigenvalue weighted by Crippen LogP contribution is 2.32. The summed E-state index contributed by atoms with van der Waals surface area (Å²) in [5.74, 6) is 0.862. The van der Waals surface area contributed by atoms with Crippen molar-refractivity contribution in [2.75, 3.05) is 17.7 Å². The van der Waals surface area contributed by atoms with Gasteiger partial charge in [-0.3, -0.25) is 4.57 Å². The van der Waals surface area contributed by atoms with E-state index in [9.17, 15) is 10.2 Å². The topological polar surface area (TPSA) is 119 Å². The first-order chi connectivity index (χ1) is 9.63. The SMILES string of the molecule is CSC[C@H]1O[C@@H](n2cnc3c(N)ncnc32)[C@@H](O)[C@@H]1O. The van der Waals surface area contributed by atoms with E-state index in [0.29, 0.717) is 16.9 Å². The minimum Gasteiger partial charge on any atom is -0.387 e. The standard InChI is InChI=1S/C11H15N5O3S/c1-20-2-5-7(17)8(18)11(19-5)16-4-15-6-9(12)13-3-14-10(6)16/h3-5,7-8,11,17-18H,2H2,1H3,(H2,12,13,14)/t5-,7-,8+,11-/m1/s1. The van der Waals surface area contributed by atoms with Crippen molar-refractivity contribution in [2.45, 2.75) is 24.5 Å². The number of anilines is 1. The molecule has 1 aliphatic heterocycles. The van der Waals surface area contributed by atoms with E-state index in [2.05, 4.69) is 15.0 Å². The third kappa shape index (κ3) is 2.03. The number of nitrogens with zero attached hydrogens (tertiary/aromatic N) is 4. The number of hydrogen-bond donors (Lipinski definition) is 3. The lowest BCUT2D eigenvalue weighted by atomic mass is 10.1. The number of hydrogen-bond acceptors (Lipinski definition) is 8. The molecule has 1 saturated heterocycles. The molecular formula is C11H15N5O3S. The van der Waals surface area contributed by atoms with Crippen molar-refractivity contribution in [1.29, 1.82) is 0 Å². The molecule has 4 N–H and O–H groups in total. The Labute approximate surface area is 119 Å². The van der Waals surface area contributed by atoms with E-state index >= 15 is 0 Å². The second-order valence-corrected chi connectivity index (χ2v) is 5.50. The van der Waals surface area contributed by atoms with Gasteiger partial charge >= 0.3 is 0 Å². The Morgan fingerprint density at radius 3 is 2.90 bits per heavy atom. The Bertz CT molecular complexity index is 621. The Morgan fingerprint density at radius 2 is 2.15 bits per heavy atom. The molecule has 0 amide bonds. The molecule has 1 fully saturated rings. The summed E-state index contributed by atoms with van der Waals surface area (Å²) in [6, 6.07) is 0. The lowest BCUT2D eigenvalue weighted by Gasteiger charge is -2.16. The number of rotatable bonds is 3. The predicted molar refractivity (Wildman–Crippen MR) is 74.0 cm³/mol. The van der Waals surface area contributed by atoms with Gasteiger partial charge in [-0.15, -0.1) is 0 Å². The van der Waals surface area contributed by atoms with Crippen LogP contribution in [0.4, 0.5) is 5.82 Å². The van der Waals surface area contributed by atoms with Crippen LogP contribution in [0, 0.1) is 0 Å². The van der Waals surface area contributed by atoms with Crippen molar-refractivity contribution in [3.63, 3.8) is 0 Å². The van der Waals surface area contributed by atoms with Crippen LogP contribution in [0.15, 0.2) is 12.7 Å². The van der Waals surface area contributed by atoms with Gasteiger partial charge in [0.2, 0.25) is 0 Å². The average Bonchev–Trinajstić information content (AvgIpc) is 2.97. The molecule has 1 aliphatic rings. The summed E-state index contributed by atoms with van der Waals surface area (Å²) >= 11 is 1.54. The Kier molecular flexibility index (Phi) is 3.50. The zero-order chi connectivity index (χ0) is 14.3. The molecule has 108 valence electrons. The van der Waals surface area contributed by atoms with Crippen LogP contribution >= 0.6 is 11.8 Å². The van der Waals surface area contributed by atoms with Gasteiger partial charge in [0.15, 0.2) is 17.7 Å². The van der Waals surface area contributed by atoms with E-state index in [1.165, 1.54) is 12.7 Å². The van der Waals surface area contributed by atoms with Gasteiger partial charge in [-0.25, -0.2) is 15.0 Å². The number of aliphatic hydroxyl groups is 2. The van der Waals surface area contributed by atoms with Gasteiger partial charge in [-0.05, 0) is 6.26 Å². The molecule has 4 atom stereocenters. The van der Waals surface area contributed by atoms with Gasteiger partial charge in [-0.1, -0.05) is 0 Å². The number of nitrogen functional groups attached to an aromatic ring is 1. The van der Waals surface area contributed by atoms with Gasteiger partial charge in [0.1, 0.15) is 24.1 Å². The van der Waals surface area contributed by atoms with E-state index in [0.717, 1.165) is 0 Å². The molecule has 0 aromatic carbocycles. The quantitative estimate of drug-likeness (QED) is 0.686. The molecule has 3 heterocycles. The first-order valence-electron chi connectivity index (χ1n) is 6.07. The third-order valence-corrected chi connectivity index (χ3v) is 3.99. The number of fused-ring (bicyclic) bond motifs is 1. The highest BCUT2D eigenvalue weighted by Gasteiger charge is 2.43. The Hall–Kier alpha value is -1.42. The maximum atomic E-state index is 10.1. The van der Waals surface area contributed by atoms with Crippen molar-refractivity contribution >= 4 is 28.7 Å². The molecule has 0 bridgehead atoms. The number of aliphatic hydroxyl groups excluding tert-OH is 2. The summed E-state index contributed by atoms with van der Waals surface area (Å²) < 4.78 is 7.29. The average molecular weight is 297 g/mol. The van der Waals surface area contributed by atoms with E-state index in [4.69, 9.17) is 10.5 Å². The Morgan fingerprint density at radius 1 is 1.35 bits per heavy atom. The first-order valence-corrected chi connectivity index (χ1v) is 7.46. The van der Waals surface area contributed by atoms with E-state index in [1.54, 1.807) is 16.3 Å². The summed E-state index contributed by atoms with van der Waals surface area (Å²) in [4.78, 5) is 12.1. The van der Waals surface area contributed by atoms with Crippen LogP contribution in [-0.2, 0) is 4.74 Å². The second kappa shape index (κ2) is 5.17. The molecule has 8 nitrogen and oxygen atoms in total. The number of imidazole rings is 1. The highest BCUT2D eigenvalue weighted by molar-refractivity contribution is 7.98. The molecule has 0 radical (unpaired) electrons. The zero-order valence-corrected chi connectivity index (χ0v) is 11.6. The van der Waals surface area contributed by atoms with Crippen LogP contribution in [0.3, 0.4) is 0 Å². The van der Waals surface area contributed by atoms with E-state index in [1.807, 2.05) is 6.26 Å². The third-order valence-electron chi connectivity index (χ3n) is 3.33. The van der Waals surface area contributed by atoms with Crippen molar-refractivity contribution < 1.29 is 14.9 Å². The fraction of sp³-hybridized carbons (Fsp3) is 0.545. The smallest absolute Gasteiger partial charge is 0.167 e. The van der Waals surface area contributed by atoms with Crippen molar-refractivity contribution in [1.82, 2.24) is 19.5 Å². The number of ether oxygens (including phenoxy) is 1. The van der Waals surface area contributed by atoms with Crippen molar-refractivity contribution in [3.05, 3.63) is 12.7 Å². The van der Waals surface area contributed by atoms with Crippen molar-refractivity contribution in [3.8, 4) is 0 Å². The maximum Gasteiger partial charge on any atom is 0.167 e. The van der Waals surface area contributed by atoms with Crippen LogP contribution in [0.5, 0.6) is 0 Å². The number of nitrogens with two attached hydrogens (primary N) is 1. The summed E-state index contributed by atoms with van der Waals surface area (Å²) in [5, 5.41) is 20.2. The number of aromatic nitrogens is 4. The maximum absolute atomic E-state index is 10.1. The number of thioether (sulfide) groups is 1. The predicted octanol–water partition coefficient (Wildman–Crippen LogP) is -0.609. The molecule has 20 heavy (non-hydrogen) atoms.